The van der Waals surface area contributed by atoms with Gasteiger partial charge in [0.15, 0.2) is 5.69 Å². The van der Waals surface area contributed by atoms with Crippen LogP contribution in [0.25, 0.3) is 0 Å². The van der Waals surface area contributed by atoms with E-state index in [1.165, 1.54) is 0 Å². The van der Waals surface area contributed by atoms with Crippen LogP contribution in [0.1, 0.15) is 29.1 Å². The second-order valence-corrected chi connectivity index (χ2v) is 6.97. The molecule has 8 nitrogen and oxygen atoms in total. The summed E-state index contributed by atoms with van der Waals surface area (Å²) in [5, 5.41) is 14.0. The minimum atomic E-state index is -0.460. The van der Waals surface area contributed by atoms with Crippen molar-refractivity contribution in [3.63, 3.8) is 0 Å². The van der Waals surface area contributed by atoms with Crippen LogP contribution in [0, 0.1) is 6.92 Å². The lowest BCUT2D eigenvalue weighted by Gasteiger charge is -2.13. The third-order valence-corrected chi connectivity index (χ3v) is 4.77. The van der Waals surface area contributed by atoms with Gasteiger partial charge in [-0.3, -0.25) is 19.0 Å². The van der Waals surface area contributed by atoms with Gasteiger partial charge in [-0.1, -0.05) is 0 Å². The number of aryl methyl sites for hydroxylation is 2. The first-order valence-electron chi connectivity index (χ1n) is 8.26. The van der Waals surface area contributed by atoms with Crippen molar-refractivity contribution in [3.8, 4) is 0 Å². The molecule has 2 amide bonds. The fourth-order valence-electron chi connectivity index (χ4n) is 2.39. The van der Waals surface area contributed by atoms with Gasteiger partial charge in [0.1, 0.15) is 6.04 Å². The number of carbonyl (C=O) groups is 2. The van der Waals surface area contributed by atoms with Crippen LogP contribution in [-0.2, 0) is 11.8 Å². The number of hydrogen-bond donors (Lipinski definition) is 2. The lowest BCUT2D eigenvalue weighted by Crippen LogP contribution is -2.24. The van der Waals surface area contributed by atoms with Crippen molar-refractivity contribution in [3.05, 3.63) is 58.6 Å². The summed E-state index contributed by atoms with van der Waals surface area (Å²) < 4.78 is 4.03. The summed E-state index contributed by atoms with van der Waals surface area (Å²) in [6, 6.07) is 8.07. The lowest BCUT2D eigenvalue weighted by atomic mass is 10.2. The SMILES string of the molecule is Cc1nn(C(C)C(=O)Nc2ccc(NC(=O)c3ccn(C)n3)cc2)cc1Br. The van der Waals surface area contributed by atoms with Crippen molar-refractivity contribution in [2.75, 3.05) is 10.6 Å². The van der Waals surface area contributed by atoms with Gasteiger partial charge in [0.25, 0.3) is 5.91 Å². The van der Waals surface area contributed by atoms with Crippen molar-refractivity contribution in [1.29, 1.82) is 0 Å². The Morgan fingerprint density at radius 3 is 2.22 bits per heavy atom. The molecule has 9 heteroatoms. The van der Waals surface area contributed by atoms with Crippen LogP contribution in [0.2, 0.25) is 0 Å². The van der Waals surface area contributed by atoms with E-state index in [1.807, 2.05) is 6.92 Å². The highest BCUT2D eigenvalue weighted by Crippen LogP contribution is 2.19. The molecule has 1 atom stereocenters. The predicted octanol–water partition coefficient (Wildman–Crippen LogP) is 3.14. The molecule has 3 aromatic rings. The Morgan fingerprint density at radius 2 is 1.70 bits per heavy atom. The van der Waals surface area contributed by atoms with E-state index < -0.39 is 6.04 Å². The molecule has 0 aliphatic carbocycles. The Labute approximate surface area is 164 Å². The van der Waals surface area contributed by atoms with E-state index in [-0.39, 0.29) is 11.8 Å². The van der Waals surface area contributed by atoms with E-state index in [2.05, 4.69) is 36.8 Å². The van der Waals surface area contributed by atoms with Crippen LogP contribution >= 0.6 is 15.9 Å². The molecule has 0 aliphatic heterocycles. The van der Waals surface area contributed by atoms with Gasteiger partial charge in [-0.05, 0) is 60.1 Å². The van der Waals surface area contributed by atoms with E-state index in [0.29, 0.717) is 17.1 Å². The van der Waals surface area contributed by atoms with Crippen molar-refractivity contribution >= 4 is 39.1 Å². The quantitative estimate of drug-likeness (QED) is 0.649. The van der Waals surface area contributed by atoms with Gasteiger partial charge in [0.2, 0.25) is 5.91 Å². The van der Waals surface area contributed by atoms with Gasteiger partial charge in [-0.25, -0.2) is 0 Å². The molecule has 2 heterocycles. The monoisotopic (exact) mass is 430 g/mol. The summed E-state index contributed by atoms with van der Waals surface area (Å²) >= 11 is 3.39. The first-order chi connectivity index (χ1) is 12.8. The summed E-state index contributed by atoms with van der Waals surface area (Å²) in [6.07, 6.45) is 3.48. The highest BCUT2D eigenvalue weighted by molar-refractivity contribution is 9.10. The molecular weight excluding hydrogens is 412 g/mol. The minimum Gasteiger partial charge on any atom is -0.324 e. The van der Waals surface area contributed by atoms with Gasteiger partial charge in [-0.15, -0.1) is 0 Å². The Bertz CT molecular complexity index is 957. The van der Waals surface area contributed by atoms with Crippen LogP contribution in [-0.4, -0.2) is 31.4 Å². The second-order valence-electron chi connectivity index (χ2n) is 6.11. The number of benzene rings is 1. The Balaban J connectivity index is 1.61. The van der Waals surface area contributed by atoms with Crippen molar-refractivity contribution < 1.29 is 9.59 Å². The molecule has 0 saturated heterocycles. The first-order valence-corrected chi connectivity index (χ1v) is 9.06. The van der Waals surface area contributed by atoms with Crippen LogP contribution in [0.4, 0.5) is 11.4 Å². The maximum Gasteiger partial charge on any atom is 0.276 e. The predicted molar refractivity (Wildman–Crippen MR) is 106 cm³/mol. The highest BCUT2D eigenvalue weighted by Gasteiger charge is 2.17. The molecule has 0 radical (unpaired) electrons. The molecular formula is C18H19BrN6O2. The van der Waals surface area contributed by atoms with E-state index in [9.17, 15) is 9.59 Å². The summed E-state index contributed by atoms with van der Waals surface area (Å²) in [6.45, 7) is 3.64. The molecule has 2 N–H and O–H groups in total. The van der Waals surface area contributed by atoms with E-state index in [4.69, 9.17) is 0 Å². The number of hydrogen-bond acceptors (Lipinski definition) is 4. The molecule has 27 heavy (non-hydrogen) atoms. The summed E-state index contributed by atoms with van der Waals surface area (Å²) in [7, 11) is 1.75. The van der Waals surface area contributed by atoms with Gasteiger partial charge in [0.05, 0.1) is 10.2 Å². The normalized spacial score (nSPS) is 11.9. The number of nitrogens with zero attached hydrogens (tertiary/aromatic N) is 4. The lowest BCUT2D eigenvalue weighted by molar-refractivity contribution is -0.119. The smallest absolute Gasteiger partial charge is 0.276 e. The molecule has 1 aromatic carbocycles. The molecule has 0 aliphatic rings. The molecule has 0 saturated carbocycles. The maximum atomic E-state index is 12.4. The second kappa shape index (κ2) is 7.75. The zero-order valence-electron chi connectivity index (χ0n) is 15.1. The van der Waals surface area contributed by atoms with Crippen LogP contribution < -0.4 is 10.6 Å². The fraction of sp³-hybridized carbons (Fsp3) is 0.222. The van der Waals surface area contributed by atoms with Crippen molar-refractivity contribution in [2.45, 2.75) is 19.9 Å². The van der Waals surface area contributed by atoms with Crippen LogP contribution in [0.5, 0.6) is 0 Å². The largest absolute Gasteiger partial charge is 0.324 e. The van der Waals surface area contributed by atoms with E-state index in [0.717, 1.165) is 10.2 Å². The molecule has 3 rings (SSSR count). The number of carbonyl (C=O) groups excluding carboxylic acids is 2. The molecule has 0 spiro atoms. The number of halogens is 1. The number of anilines is 2. The number of aromatic nitrogens is 4. The first kappa shape index (κ1) is 18.8. The third-order valence-electron chi connectivity index (χ3n) is 3.99. The molecule has 140 valence electrons. The van der Waals surface area contributed by atoms with Crippen LogP contribution in [0.3, 0.4) is 0 Å². The van der Waals surface area contributed by atoms with Crippen molar-refractivity contribution in [2.24, 2.45) is 7.05 Å². The molecule has 1 unspecified atom stereocenters. The Hall–Kier alpha value is -2.94. The summed E-state index contributed by atoms with van der Waals surface area (Å²) in [4.78, 5) is 24.5. The minimum absolute atomic E-state index is 0.185. The number of nitrogens with one attached hydrogen (secondary N) is 2. The zero-order valence-corrected chi connectivity index (χ0v) is 16.7. The van der Waals surface area contributed by atoms with Gasteiger partial charge in [-0.2, -0.15) is 10.2 Å². The topological polar surface area (TPSA) is 93.8 Å². The van der Waals surface area contributed by atoms with E-state index in [1.54, 1.807) is 66.1 Å². The number of rotatable bonds is 5. The Morgan fingerprint density at radius 1 is 1.07 bits per heavy atom. The average Bonchev–Trinajstić information content (AvgIpc) is 3.22. The van der Waals surface area contributed by atoms with E-state index >= 15 is 0 Å². The zero-order chi connectivity index (χ0) is 19.6. The average molecular weight is 431 g/mol. The van der Waals surface area contributed by atoms with Gasteiger partial charge in [0, 0.05) is 30.8 Å². The number of amides is 2. The molecule has 0 fully saturated rings. The van der Waals surface area contributed by atoms with Crippen LogP contribution in [0.15, 0.2) is 47.2 Å². The van der Waals surface area contributed by atoms with Crippen molar-refractivity contribution in [1.82, 2.24) is 19.6 Å². The Kier molecular flexibility index (Phi) is 5.41. The van der Waals surface area contributed by atoms with Gasteiger partial charge < -0.3 is 10.6 Å². The van der Waals surface area contributed by atoms with Gasteiger partial charge >= 0.3 is 0 Å². The highest BCUT2D eigenvalue weighted by atomic mass is 79.9. The molecule has 2 aromatic heterocycles. The summed E-state index contributed by atoms with van der Waals surface area (Å²) in [5.74, 6) is -0.476. The summed E-state index contributed by atoms with van der Waals surface area (Å²) in [5.41, 5.74) is 2.40. The maximum absolute atomic E-state index is 12.4. The molecule has 0 bridgehead atoms. The fourth-order valence-corrected chi connectivity index (χ4v) is 2.68. The standard InChI is InChI=1S/C18H19BrN6O2/c1-11-15(19)10-25(22-11)12(2)17(26)20-13-4-6-14(7-5-13)21-18(27)16-8-9-24(3)23-16/h4-10,12H,1-3H3,(H,20,26)(H,21,27). The third kappa shape index (κ3) is 4.43.